The molecule has 0 aromatic heterocycles. The van der Waals surface area contributed by atoms with Gasteiger partial charge in [0.05, 0.1) is 6.34 Å². The average Bonchev–Trinajstić information content (AvgIpc) is 2.54. The Bertz CT molecular complexity index is 567. The molecule has 2 aromatic rings. The topological polar surface area (TPSA) is 18.8 Å². The molecule has 0 radical (unpaired) electrons. The maximum Gasteiger partial charge on any atom is 0.197 e. The molecule has 0 atom stereocenters. The third-order valence-corrected chi connectivity index (χ3v) is 3.47. The number of nitrogens with zero attached hydrogens (tertiary/aromatic N) is 3. The first-order valence-corrected chi connectivity index (χ1v) is 7.63. The SMILES string of the molecule is CN(C)C=NC(=S)N(Cc1ccccc1)Cc1ccccc1. The summed E-state index contributed by atoms with van der Waals surface area (Å²) in [6.07, 6.45) is 1.74. The van der Waals surface area contributed by atoms with E-state index < -0.39 is 0 Å². The van der Waals surface area contributed by atoms with Gasteiger partial charge in [0, 0.05) is 27.2 Å². The molecule has 0 amide bonds. The molecule has 2 rings (SSSR count). The summed E-state index contributed by atoms with van der Waals surface area (Å²) >= 11 is 5.49. The molecule has 22 heavy (non-hydrogen) atoms. The minimum Gasteiger partial charge on any atom is -0.369 e. The van der Waals surface area contributed by atoms with Crippen LogP contribution in [0, 0.1) is 0 Å². The number of rotatable bonds is 5. The van der Waals surface area contributed by atoms with Crippen LogP contribution in [0.1, 0.15) is 11.1 Å². The summed E-state index contributed by atoms with van der Waals surface area (Å²) < 4.78 is 0. The van der Waals surface area contributed by atoms with Crippen molar-refractivity contribution in [1.29, 1.82) is 0 Å². The normalized spacial score (nSPS) is 10.6. The molecule has 0 aliphatic carbocycles. The first-order valence-electron chi connectivity index (χ1n) is 7.22. The van der Waals surface area contributed by atoms with Crippen molar-refractivity contribution in [2.24, 2.45) is 4.99 Å². The van der Waals surface area contributed by atoms with Crippen LogP contribution in [0.4, 0.5) is 0 Å². The zero-order valence-electron chi connectivity index (χ0n) is 13.0. The quantitative estimate of drug-likeness (QED) is 0.478. The van der Waals surface area contributed by atoms with Crippen LogP contribution in [0.5, 0.6) is 0 Å². The Hall–Kier alpha value is -2.20. The molecule has 0 saturated carbocycles. The molecule has 0 bridgehead atoms. The summed E-state index contributed by atoms with van der Waals surface area (Å²) in [6.45, 7) is 1.50. The molecule has 0 aliphatic heterocycles. The molecule has 0 heterocycles. The Kier molecular flexibility index (Phi) is 6.10. The lowest BCUT2D eigenvalue weighted by Gasteiger charge is -2.23. The number of aliphatic imine (C=N–C) groups is 1. The van der Waals surface area contributed by atoms with Gasteiger partial charge in [-0.1, -0.05) is 60.7 Å². The van der Waals surface area contributed by atoms with E-state index in [-0.39, 0.29) is 0 Å². The van der Waals surface area contributed by atoms with E-state index in [0.29, 0.717) is 5.11 Å². The Morgan fingerprint density at radius 2 is 1.36 bits per heavy atom. The number of thiocarbonyl (C=S) groups is 1. The number of hydrogen-bond donors (Lipinski definition) is 0. The molecule has 3 nitrogen and oxygen atoms in total. The fraction of sp³-hybridized carbons (Fsp3) is 0.222. The molecule has 0 aliphatic rings. The van der Waals surface area contributed by atoms with Gasteiger partial charge in [-0.25, -0.2) is 4.99 Å². The zero-order valence-corrected chi connectivity index (χ0v) is 13.8. The molecule has 2 aromatic carbocycles. The van der Waals surface area contributed by atoms with Crippen LogP contribution in [-0.4, -0.2) is 35.3 Å². The van der Waals surface area contributed by atoms with Crippen molar-refractivity contribution in [2.75, 3.05) is 14.1 Å². The second kappa shape index (κ2) is 8.29. The standard InChI is InChI=1S/C18H21N3S/c1-20(2)15-19-18(22)21(13-16-9-5-3-6-10-16)14-17-11-7-4-8-12-17/h3-12,15H,13-14H2,1-2H3. The van der Waals surface area contributed by atoms with Gasteiger partial charge in [-0.05, 0) is 23.3 Å². The summed E-state index contributed by atoms with van der Waals surface area (Å²) in [7, 11) is 3.87. The first kappa shape index (κ1) is 16.2. The van der Waals surface area contributed by atoms with Gasteiger partial charge in [0.2, 0.25) is 0 Å². The molecule has 0 saturated heterocycles. The lowest BCUT2D eigenvalue weighted by atomic mass is 10.2. The van der Waals surface area contributed by atoms with E-state index in [1.807, 2.05) is 55.4 Å². The van der Waals surface area contributed by atoms with Crippen molar-refractivity contribution in [2.45, 2.75) is 13.1 Å². The van der Waals surface area contributed by atoms with E-state index in [2.05, 4.69) is 34.2 Å². The van der Waals surface area contributed by atoms with Gasteiger partial charge in [0.15, 0.2) is 5.11 Å². The fourth-order valence-electron chi connectivity index (χ4n) is 2.05. The Morgan fingerprint density at radius 3 is 1.77 bits per heavy atom. The fourth-order valence-corrected chi connectivity index (χ4v) is 2.22. The monoisotopic (exact) mass is 311 g/mol. The predicted molar refractivity (Wildman–Crippen MR) is 96.9 cm³/mol. The summed E-state index contributed by atoms with van der Waals surface area (Å²) in [6, 6.07) is 20.6. The number of hydrogen-bond acceptors (Lipinski definition) is 1. The van der Waals surface area contributed by atoms with Crippen molar-refractivity contribution < 1.29 is 0 Å². The lowest BCUT2D eigenvalue weighted by Crippen LogP contribution is -2.28. The minimum atomic E-state index is 0.599. The predicted octanol–water partition coefficient (Wildman–Crippen LogP) is 3.56. The van der Waals surface area contributed by atoms with Crippen molar-refractivity contribution in [3.63, 3.8) is 0 Å². The Balaban J connectivity index is 2.14. The summed E-state index contributed by atoms with van der Waals surface area (Å²) in [5.74, 6) is 0. The van der Waals surface area contributed by atoms with Crippen LogP contribution >= 0.6 is 12.2 Å². The average molecular weight is 311 g/mol. The van der Waals surface area contributed by atoms with Gasteiger partial charge in [-0.15, -0.1) is 0 Å². The van der Waals surface area contributed by atoms with Crippen LogP contribution in [0.15, 0.2) is 65.7 Å². The van der Waals surface area contributed by atoms with Gasteiger partial charge < -0.3 is 9.80 Å². The highest BCUT2D eigenvalue weighted by Crippen LogP contribution is 2.11. The van der Waals surface area contributed by atoms with Crippen LogP contribution in [0.25, 0.3) is 0 Å². The second-order valence-electron chi connectivity index (χ2n) is 5.32. The highest BCUT2D eigenvalue weighted by molar-refractivity contribution is 7.80. The summed E-state index contributed by atoms with van der Waals surface area (Å²) in [4.78, 5) is 8.37. The Morgan fingerprint density at radius 1 is 0.909 bits per heavy atom. The second-order valence-corrected chi connectivity index (χ2v) is 5.68. The van der Waals surface area contributed by atoms with Crippen LogP contribution < -0.4 is 0 Å². The van der Waals surface area contributed by atoms with Gasteiger partial charge in [0.1, 0.15) is 0 Å². The minimum absolute atomic E-state index is 0.599. The van der Waals surface area contributed by atoms with Crippen LogP contribution in [-0.2, 0) is 13.1 Å². The largest absolute Gasteiger partial charge is 0.369 e. The highest BCUT2D eigenvalue weighted by Gasteiger charge is 2.10. The lowest BCUT2D eigenvalue weighted by molar-refractivity contribution is 0.409. The molecule has 114 valence electrons. The third-order valence-electron chi connectivity index (χ3n) is 3.10. The van der Waals surface area contributed by atoms with Gasteiger partial charge in [0.25, 0.3) is 0 Å². The van der Waals surface area contributed by atoms with Crippen molar-refractivity contribution in [3.05, 3.63) is 71.8 Å². The molecule has 0 spiro atoms. The highest BCUT2D eigenvalue weighted by atomic mass is 32.1. The summed E-state index contributed by atoms with van der Waals surface area (Å²) in [5, 5.41) is 0.599. The van der Waals surface area contributed by atoms with Crippen molar-refractivity contribution in [3.8, 4) is 0 Å². The molecular formula is C18H21N3S. The van der Waals surface area contributed by atoms with Gasteiger partial charge in [-0.2, -0.15) is 0 Å². The van der Waals surface area contributed by atoms with E-state index in [4.69, 9.17) is 12.2 Å². The molecule has 0 N–H and O–H groups in total. The summed E-state index contributed by atoms with van der Waals surface area (Å²) in [5.41, 5.74) is 2.45. The van der Waals surface area contributed by atoms with Crippen molar-refractivity contribution in [1.82, 2.24) is 9.80 Å². The van der Waals surface area contributed by atoms with Crippen LogP contribution in [0.3, 0.4) is 0 Å². The van der Waals surface area contributed by atoms with E-state index >= 15 is 0 Å². The zero-order chi connectivity index (χ0) is 15.8. The molecule has 0 unspecified atom stereocenters. The maximum absolute atomic E-state index is 5.49. The first-order chi connectivity index (χ1) is 10.6. The smallest absolute Gasteiger partial charge is 0.197 e. The Labute approximate surface area is 137 Å². The third kappa shape index (κ3) is 5.30. The van der Waals surface area contributed by atoms with Crippen molar-refractivity contribution >= 4 is 23.7 Å². The van der Waals surface area contributed by atoms with E-state index in [9.17, 15) is 0 Å². The van der Waals surface area contributed by atoms with Gasteiger partial charge >= 0.3 is 0 Å². The molecule has 4 heteroatoms. The maximum atomic E-state index is 5.49. The van der Waals surface area contributed by atoms with E-state index in [0.717, 1.165) is 13.1 Å². The van der Waals surface area contributed by atoms with Crippen LogP contribution in [0.2, 0.25) is 0 Å². The molecule has 0 fully saturated rings. The van der Waals surface area contributed by atoms with E-state index in [1.54, 1.807) is 6.34 Å². The molecular weight excluding hydrogens is 290 g/mol. The van der Waals surface area contributed by atoms with Gasteiger partial charge in [-0.3, -0.25) is 0 Å². The van der Waals surface area contributed by atoms with E-state index in [1.165, 1.54) is 11.1 Å². The number of benzene rings is 2.